The Balaban J connectivity index is 2.66. The summed E-state index contributed by atoms with van der Waals surface area (Å²) >= 11 is 0. The molecule has 1 aliphatic heterocycles. The largest absolute Gasteiger partial charge is 0.481 e. The zero-order valence-corrected chi connectivity index (χ0v) is 12.1. The van der Waals surface area contributed by atoms with Crippen LogP contribution >= 0.6 is 0 Å². The highest BCUT2D eigenvalue weighted by molar-refractivity contribution is 6.10. The van der Waals surface area contributed by atoms with Crippen molar-refractivity contribution < 1.29 is 53.9 Å². The summed E-state index contributed by atoms with van der Waals surface area (Å²) in [5.74, 6) is -5.23. The van der Waals surface area contributed by atoms with E-state index in [4.69, 9.17) is 15.3 Å². The Morgan fingerprint density at radius 1 is 1.25 bits per heavy atom. The molecule has 12 nitrogen and oxygen atoms in total. The Morgan fingerprint density at radius 3 is 2.38 bits per heavy atom. The van der Waals surface area contributed by atoms with Crippen molar-refractivity contribution in [1.29, 1.82) is 0 Å². The van der Waals surface area contributed by atoms with Crippen LogP contribution in [0.2, 0.25) is 0 Å². The maximum Gasteiger partial charge on any atom is 0.409 e. The molecular formula is C12H15NO11. The summed E-state index contributed by atoms with van der Waals surface area (Å²) in [6.45, 7) is -0.876. The van der Waals surface area contributed by atoms with Crippen LogP contribution in [0.4, 0.5) is 4.79 Å². The van der Waals surface area contributed by atoms with E-state index < -0.39 is 73.6 Å². The number of carboxylic acids is 2. The van der Waals surface area contributed by atoms with Crippen LogP contribution in [-0.2, 0) is 28.7 Å². The molecule has 12 heteroatoms. The minimum atomic E-state index is -2.02. The summed E-state index contributed by atoms with van der Waals surface area (Å²) in [5.41, 5.74) is 0. The van der Waals surface area contributed by atoms with E-state index in [1.165, 1.54) is 0 Å². The van der Waals surface area contributed by atoms with E-state index in [0.717, 1.165) is 0 Å². The lowest BCUT2D eigenvalue weighted by Crippen LogP contribution is -2.45. The van der Waals surface area contributed by atoms with E-state index in [-0.39, 0.29) is 0 Å². The molecule has 24 heavy (non-hydrogen) atoms. The smallest absolute Gasteiger partial charge is 0.409 e. The van der Waals surface area contributed by atoms with Crippen LogP contribution in [0.25, 0.3) is 0 Å². The molecule has 134 valence electrons. The van der Waals surface area contributed by atoms with Crippen molar-refractivity contribution in [2.24, 2.45) is 0 Å². The van der Waals surface area contributed by atoms with Crippen LogP contribution in [0.1, 0.15) is 12.8 Å². The lowest BCUT2D eigenvalue weighted by molar-refractivity contribution is -0.151. The fraction of sp³-hybridized carbons (Fsp3) is 0.583. The number of esters is 1. The fourth-order valence-electron chi connectivity index (χ4n) is 1.79. The minimum Gasteiger partial charge on any atom is -0.481 e. The molecule has 1 amide bonds. The van der Waals surface area contributed by atoms with Gasteiger partial charge in [-0.1, -0.05) is 0 Å². The number of aliphatic hydroxyl groups excluding tert-OH is 2. The van der Waals surface area contributed by atoms with Crippen molar-refractivity contribution in [3.05, 3.63) is 0 Å². The van der Waals surface area contributed by atoms with Gasteiger partial charge in [0.25, 0.3) is 6.10 Å². The normalized spacial score (nSPS) is 22.4. The number of cyclic esters (lactones) is 1. The van der Waals surface area contributed by atoms with Gasteiger partial charge in [0.05, 0.1) is 6.61 Å². The molecular weight excluding hydrogens is 334 g/mol. The number of amides is 1. The highest BCUT2D eigenvalue weighted by Gasteiger charge is 2.49. The molecule has 0 aromatic carbocycles. The lowest BCUT2D eigenvalue weighted by Gasteiger charge is -2.15. The maximum atomic E-state index is 11.8. The standard InChI is InChI=1S/C12H15NO11/c14-3-5(15)8-7(18)9(11(21)23-8)24-12(22)13-4(10(19)20)1-2-6(16)17/h4-5,8-9,14-15H,1-3H2,(H,13,22)(H,16,17)(H,19,20). The topological polar surface area (TPSA) is 197 Å². The fourth-order valence-corrected chi connectivity index (χ4v) is 1.79. The Bertz CT molecular complexity index is 545. The number of Topliss-reactive ketones (excluding diaryl/α,β-unsaturated/α-hetero) is 1. The second-order valence-electron chi connectivity index (χ2n) is 4.76. The first-order chi connectivity index (χ1) is 11.2. The van der Waals surface area contributed by atoms with Gasteiger partial charge in [-0.05, 0) is 6.42 Å². The van der Waals surface area contributed by atoms with Crippen LogP contribution < -0.4 is 5.32 Å². The van der Waals surface area contributed by atoms with Gasteiger partial charge < -0.3 is 35.2 Å². The average molecular weight is 349 g/mol. The van der Waals surface area contributed by atoms with Gasteiger partial charge >= 0.3 is 24.0 Å². The summed E-state index contributed by atoms with van der Waals surface area (Å²) in [6, 6.07) is -1.61. The molecule has 0 radical (unpaired) electrons. The number of hydrogen-bond donors (Lipinski definition) is 5. The summed E-state index contributed by atoms with van der Waals surface area (Å²) in [7, 11) is 0. The molecule has 0 saturated carbocycles. The molecule has 0 aromatic rings. The van der Waals surface area contributed by atoms with E-state index in [0.29, 0.717) is 0 Å². The van der Waals surface area contributed by atoms with Crippen LogP contribution in [0, 0.1) is 0 Å². The zero-order chi connectivity index (χ0) is 18.4. The molecule has 0 bridgehead atoms. The number of hydrogen-bond acceptors (Lipinski definition) is 9. The Morgan fingerprint density at radius 2 is 1.88 bits per heavy atom. The highest BCUT2D eigenvalue weighted by Crippen LogP contribution is 2.17. The molecule has 1 rings (SSSR count). The third kappa shape index (κ3) is 4.89. The molecule has 4 unspecified atom stereocenters. The number of nitrogens with one attached hydrogen (secondary N) is 1. The minimum absolute atomic E-state index is 0.450. The second kappa shape index (κ2) is 8.21. The quantitative estimate of drug-likeness (QED) is 0.225. The molecule has 1 saturated heterocycles. The molecule has 0 aliphatic carbocycles. The van der Waals surface area contributed by atoms with Crippen LogP contribution in [0.3, 0.4) is 0 Å². The molecule has 1 aliphatic rings. The Labute approximate surface area is 134 Å². The number of carbonyl (C=O) groups excluding carboxylic acids is 3. The Kier molecular flexibility index (Phi) is 6.61. The van der Waals surface area contributed by atoms with Gasteiger partial charge in [0.2, 0.25) is 5.78 Å². The second-order valence-corrected chi connectivity index (χ2v) is 4.76. The van der Waals surface area contributed by atoms with E-state index in [9.17, 15) is 29.1 Å². The number of carboxylic acid groups (broad SMARTS) is 2. The number of aliphatic carboxylic acids is 2. The molecule has 1 heterocycles. The first-order valence-electron chi connectivity index (χ1n) is 6.62. The summed E-state index contributed by atoms with van der Waals surface area (Å²) in [5, 5.41) is 37.2. The molecule has 0 aromatic heterocycles. The van der Waals surface area contributed by atoms with Crippen molar-refractivity contribution in [1.82, 2.24) is 5.32 Å². The van der Waals surface area contributed by atoms with Gasteiger partial charge in [0.15, 0.2) is 6.10 Å². The predicted molar refractivity (Wildman–Crippen MR) is 69.7 cm³/mol. The van der Waals surface area contributed by atoms with Crippen LogP contribution in [0.15, 0.2) is 0 Å². The first-order valence-corrected chi connectivity index (χ1v) is 6.62. The highest BCUT2D eigenvalue weighted by atomic mass is 16.6. The van der Waals surface area contributed by atoms with Crippen molar-refractivity contribution >= 4 is 29.8 Å². The maximum absolute atomic E-state index is 11.8. The third-order valence-electron chi connectivity index (χ3n) is 2.99. The van der Waals surface area contributed by atoms with E-state index in [1.54, 1.807) is 5.32 Å². The third-order valence-corrected chi connectivity index (χ3v) is 2.99. The number of alkyl carbamates (subject to hydrolysis) is 1. The number of ketones is 1. The van der Waals surface area contributed by atoms with Gasteiger partial charge in [-0.25, -0.2) is 14.4 Å². The lowest BCUT2D eigenvalue weighted by atomic mass is 10.1. The summed E-state index contributed by atoms with van der Waals surface area (Å²) in [4.78, 5) is 56.1. The van der Waals surface area contributed by atoms with Crippen molar-refractivity contribution in [2.75, 3.05) is 6.61 Å². The molecule has 0 spiro atoms. The van der Waals surface area contributed by atoms with Gasteiger partial charge in [-0.15, -0.1) is 0 Å². The summed E-state index contributed by atoms with van der Waals surface area (Å²) in [6.07, 6.45) is -7.88. The number of aliphatic hydroxyl groups is 2. The predicted octanol–water partition coefficient (Wildman–Crippen LogP) is -2.75. The molecule has 5 N–H and O–H groups in total. The van der Waals surface area contributed by atoms with Crippen LogP contribution in [-0.4, -0.2) is 81.2 Å². The molecule has 1 fully saturated rings. The van der Waals surface area contributed by atoms with E-state index in [1.807, 2.05) is 0 Å². The number of rotatable bonds is 8. The zero-order valence-electron chi connectivity index (χ0n) is 12.1. The summed E-state index contributed by atoms with van der Waals surface area (Å²) < 4.78 is 8.94. The molecule has 4 atom stereocenters. The number of ether oxygens (including phenoxy) is 2. The van der Waals surface area contributed by atoms with Gasteiger partial charge in [-0.2, -0.15) is 0 Å². The van der Waals surface area contributed by atoms with E-state index in [2.05, 4.69) is 9.47 Å². The van der Waals surface area contributed by atoms with Crippen molar-refractivity contribution in [3.8, 4) is 0 Å². The average Bonchev–Trinajstić information content (AvgIpc) is 2.78. The van der Waals surface area contributed by atoms with Gasteiger partial charge in [0, 0.05) is 6.42 Å². The monoisotopic (exact) mass is 349 g/mol. The van der Waals surface area contributed by atoms with Crippen LogP contribution in [0.5, 0.6) is 0 Å². The first kappa shape index (κ1) is 19.3. The SMILES string of the molecule is O=C(O)CCC(NC(=O)OC1C(=O)OC(C(O)CO)C1=O)C(=O)O. The Hall–Kier alpha value is -2.73. The van der Waals surface area contributed by atoms with E-state index >= 15 is 0 Å². The van der Waals surface area contributed by atoms with Gasteiger partial charge in [0.1, 0.15) is 12.1 Å². The van der Waals surface area contributed by atoms with Gasteiger partial charge in [-0.3, -0.25) is 9.59 Å². The number of carbonyl (C=O) groups is 5. The van der Waals surface area contributed by atoms with Crippen molar-refractivity contribution in [3.63, 3.8) is 0 Å². The van der Waals surface area contributed by atoms with Crippen molar-refractivity contribution in [2.45, 2.75) is 37.2 Å².